The van der Waals surface area contributed by atoms with E-state index in [0.717, 1.165) is 34.1 Å². The second kappa shape index (κ2) is 5.56. The molecule has 0 amide bonds. The molecule has 0 atom stereocenters. The van der Waals surface area contributed by atoms with Crippen molar-refractivity contribution in [1.82, 2.24) is 0 Å². The van der Waals surface area contributed by atoms with Crippen molar-refractivity contribution in [3.05, 3.63) is 71.2 Å². The Hall–Kier alpha value is -1.99. The first-order valence-corrected chi connectivity index (χ1v) is 7.10. The van der Waals surface area contributed by atoms with Gasteiger partial charge in [0, 0.05) is 16.1 Å². The topological polar surface area (TPSA) is 13.1 Å². The van der Waals surface area contributed by atoms with Gasteiger partial charge in [-0.25, -0.2) is 0 Å². The predicted molar refractivity (Wildman–Crippen MR) is 84.0 cm³/mol. The van der Waals surface area contributed by atoms with E-state index in [0.29, 0.717) is 0 Å². The minimum atomic E-state index is 0.735. The molecule has 0 aliphatic carbocycles. The van der Waals surface area contributed by atoms with Crippen LogP contribution in [0.4, 0.5) is 0 Å². The monoisotopic (exact) mass is 282 g/mol. The summed E-state index contributed by atoms with van der Waals surface area (Å²) < 4.78 is 6.07. The van der Waals surface area contributed by atoms with Crippen LogP contribution in [-0.2, 0) is 6.42 Å². The predicted octanol–water partition coefficient (Wildman–Crippen LogP) is 5.83. The third kappa shape index (κ3) is 2.50. The fourth-order valence-electron chi connectivity index (χ4n) is 2.28. The number of halogens is 1. The maximum atomic E-state index is 6.07. The molecule has 1 heterocycles. The zero-order valence-corrected chi connectivity index (χ0v) is 12.0. The number of hydrogen-bond donors (Lipinski definition) is 0. The molecule has 100 valence electrons. The summed E-state index contributed by atoms with van der Waals surface area (Å²) in [7, 11) is 0. The molecule has 1 nitrogen and oxygen atoms in total. The van der Waals surface area contributed by atoms with E-state index in [-0.39, 0.29) is 0 Å². The van der Waals surface area contributed by atoms with Crippen LogP contribution < -0.4 is 0 Å². The van der Waals surface area contributed by atoms with Gasteiger partial charge in [0.15, 0.2) is 0 Å². The highest BCUT2D eigenvalue weighted by Gasteiger charge is 2.12. The fraction of sp³-hybridized carbons (Fsp3) is 0.111. The highest BCUT2D eigenvalue weighted by molar-refractivity contribution is 6.30. The lowest BCUT2D eigenvalue weighted by atomic mass is 10.1. The van der Waals surface area contributed by atoms with Crippen molar-refractivity contribution in [2.75, 3.05) is 0 Å². The molecule has 0 N–H and O–H groups in total. The summed E-state index contributed by atoms with van der Waals surface area (Å²) in [5.41, 5.74) is 3.39. The van der Waals surface area contributed by atoms with Crippen molar-refractivity contribution < 1.29 is 4.42 Å². The second-order valence-electron chi connectivity index (χ2n) is 4.69. The van der Waals surface area contributed by atoms with Crippen LogP contribution in [-0.4, -0.2) is 0 Å². The van der Waals surface area contributed by atoms with Gasteiger partial charge in [0.2, 0.25) is 0 Å². The molecular weight excluding hydrogens is 268 g/mol. The van der Waals surface area contributed by atoms with Gasteiger partial charge in [-0.2, -0.15) is 0 Å². The quantitative estimate of drug-likeness (QED) is 0.589. The molecule has 0 radical (unpaired) electrons. The Morgan fingerprint density at radius 2 is 1.60 bits per heavy atom. The van der Waals surface area contributed by atoms with Crippen molar-refractivity contribution in [2.24, 2.45) is 0 Å². The standard InChI is InChI=1S/C18H15ClO/c1-2-13-12-17(14-8-10-16(19)11-9-14)20-18(13)15-6-4-3-5-7-15/h3-12H,2H2,1H3. The molecule has 0 saturated carbocycles. The van der Waals surface area contributed by atoms with Gasteiger partial charge >= 0.3 is 0 Å². The van der Waals surface area contributed by atoms with Crippen LogP contribution in [0.2, 0.25) is 5.02 Å². The number of benzene rings is 2. The third-order valence-electron chi connectivity index (χ3n) is 3.35. The lowest BCUT2D eigenvalue weighted by Gasteiger charge is -2.00. The Morgan fingerprint density at radius 3 is 2.25 bits per heavy atom. The van der Waals surface area contributed by atoms with Crippen molar-refractivity contribution in [3.8, 4) is 22.6 Å². The zero-order chi connectivity index (χ0) is 13.9. The molecule has 20 heavy (non-hydrogen) atoms. The first-order chi connectivity index (χ1) is 9.78. The number of rotatable bonds is 3. The Labute approximate surface area is 123 Å². The molecule has 0 fully saturated rings. The fourth-order valence-corrected chi connectivity index (χ4v) is 2.41. The summed E-state index contributed by atoms with van der Waals surface area (Å²) in [6, 6.07) is 20.1. The maximum absolute atomic E-state index is 6.07. The maximum Gasteiger partial charge on any atom is 0.137 e. The molecule has 1 aromatic heterocycles. The van der Waals surface area contributed by atoms with E-state index in [1.54, 1.807) is 0 Å². The molecule has 2 aromatic carbocycles. The molecule has 2 heteroatoms. The second-order valence-corrected chi connectivity index (χ2v) is 5.13. The van der Waals surface area contributed by atoms with Crippen molar-refractivity contribution in [2.45, 2.75) is 13.3 Å². The van der Waals surface area contributed by atoms with Crippen LogP contribution in [0.15, 0.2) is 65.1 Å². The van der Waals surface area contributed by atoms with E-state index in [4.69, 9.17) is 16.0 Å². The Kier molecular flexibility index (Phi) is 3.62. The lowest BCUT2D eigenvalue weighted by Crippen LogP contribution is -1.80. The summed E-state index contributed by atoms with van der Waals surface area (Å²) in [4.78, 5) is 0. The van der Waals surface area contributed by atoms with Crippen LogP contribution in [0.1, 0.15) is 12.5 Å². The van der Waals surface area contributed by atoms with Gasteiger partial charge < -0.3 is 4.42 Å². The summed E-state index contributed by atoms with van der Waals surface area (Å²) in [5, 5.41) is 0.735. The van der Waals surface area contributed by atoms with Gasteiger partial charge in [0.05, 0.1) is 0 Å². The van der Waals surface area contributed by atoms with Crippen LogP contribution in [0.5, 0.6) is 0 Å². The van der Waals surface area contributed by atoms with Gasteiger partial charge in [-0.3, -0.25) is 0 Å². The molecular formula is C18H15ClO. The van der Waals surface area contributed by atoms with Gasteiger partial charge in [-0.1, -0.05) is 48.9 Å². The molecule has 0 saturated heterocycles. The van der Waals surface area contributed by atoms with E-state index in [9.17, 15) is 0 Å². The average molecular weight is 283 g/mol. The largest absolute Gasteiger partial charge is 0.456 e. The van der Waals surface area contributed by atoms with Crippen LogP contribution in [0, 0.1) is 0 Å². The van der Waals surface area contributed by atoms with E-state index < -0.39 is 0 Å². The van der Waals surface area contributed by atoms with Gasteiger partial charge in [-0.15, -0.1) is 0 Å². The minimum Gasteiger partial charge on any atom is -0.456 e. The Bertz CT molecular complexity index is 696. The number of aryl methyl sites for hydroxylation is 1. The Balaban J connectivity index is 2.07. The van der Waals surface area contributed by atoms with Crippen molar-refractivity contribution in [1.29, 1.82) is 0 Å². The SMILES string of the molecule is CCc1cc(-c2ccc(Cl)cc2)oc1-c1ccccc1. The van der Waals surface area contributed by atoms with E-state index in [1.807, 2.05) is 42.5 Å². The third-order valence-corrected chi connectivity index (χ3v) is 3.61. The number of hydrogen-bond acceptors (Lipinski definition) is 1. The van der Waals surface area contributed by atoms with E-state index in [2.05, 4.69) is 25.1 Å². The first-order valence-electron chi connectivity index (χ1n) is 6.72. The van der Waals surface area contributed by atoms with Crippen molar-refractivity contribution in [3.63, 3.8) is 0 Å². The van der Waals surface area contributed by atoms with Gasteiger partial charge in [0.1, 0.15) is 11.5 Å². The highest BCUT2D eigenvalue weighted by Crippen LogP contribution is 2.33. The highest BCUT2D eigenvalue weighted by atomic mass is 35.5. The average Bonchev–Trinajstić information content (AvgIpc) is 2.93. The molecule has 0 bridgehead atoms. The van der Waals surface area contributed by atoms with Gasteiger partial charge in [-0.05, 0) is 42.3 Å². The summed E-state index contributed by atoms with van der Waals surface area (Å²) in [6.45, 7) is 2.14. The zero-order valence-electron chi connectivity index (χ0n) is 11.3. The first kappa shape index (κ1) is 13.0. The normalized spacial score (nSPS) is 10.7. The summed E-state index contributed by atoms with van der Waals surface area (Å²) in [5.74, 6) is 1.84. The number of furan rings is 1. The summed E-state index contributed by atoms with van der Waals surface area (Å²) in [6.07, 6.45) is 0.946. The Morgan fingerprint density at radius 1 is 0.900 bits per heavy atom. The minimum absolute atomic E-state index is 0.735. The van der Waals surface area contributed by atoms with E-state index in [1.165, 1.54) is 5.56 Å². The molecule has 0 unspecified atom stereocenters. The molecule has 3 aromatic rings. The van der Waals surface area contributed by atoms with Crippen LogP contribution >= 0.6 is 11.6 Å². The van der Waals surface area contributed by atoms with Crippen LogP contribution in [0.3, 0.4) is 0 Å². The van der Waals surface area contributed by atoms with Gasteiger partial charge in [0.25, 0.3) is 0 Å². The molecule has 0 aliphatic rings. The smallest absolute Gasteiger partial charge is 0.137 e. The van der Waals surface area contributed by atoms with E-state index >= 15 is 0 Å². The lowest BCUT2D eigenvalue weighted by molar-refractivity contribution is 0.594. The molecule has 0 spiro atoms. The summed E-state index contributed by atoms with van der Waals surface area (Å²) >= 11 is 5.93. The van der Waals surface area contributed by atoms with Crippen LogP contribution in [0.25, 0.3) is 22.6 Å². The molecule has 3 rings (SSSR count). The molecule has 0 aliphatic heterocycles. The van der Waals surface area contributed by atoms with Crippen molar-refractivity contribution >= 4 is 11.6 Å².